The van der Waals surface area contributed by atoms with Gasteiger partial charge in [0.25, 0.3) is 0 Å². The average Bonchev–Trinajstić information content (AvgIpc) is 1.99. The molecule has 0 spiro atoms. The van der Waals surface area contributed by atoms with Gasteiger partial charge in [0, 0.05) is 3.57 Å². The molecule has 1 aromatic carbocycles. The fourth-order valence-electron chi connectivity index (χ4n) is 1.13. The number of benzene rings is 1. The summed E-state index contributed by atoms with van der Waals surface area (Å²) in [4.78, 5) is 10.7. The van der Waals surface area contributed by atoms with Crippen LogP contribution >= 0.6 is 22.6 Å². The van der Waals surface area contributed by atoms with Crippen LogP contribution in [0.3, 0.4) is 0 Å². The average molecular weight is 292 g/mol. The number of hydrogen-bond donors (Lipinski definition) is 2. The van der Waals surface area contributed by atoms with E-state index < -0.39 is 5.97 Å². The van der Waals surface area contributed by atoms with Gasteiger partial charge in [0.15, 0.2) is 0 Å². The van der Waals surface area contributed by atoms with Crippen LogP contribution in [0.25, 0.3) is 0 Å². The summed E-state index contributed by atoms with van der Waals surface area (Å²) in [6, 6.07) is 1.46. The predicted molar refractivity (Wildman–Crippen MR) is 57.3 cm³/mol. The lowest BCUT2D eigenvalue weighted by molar-refractivity contribution is 0.0693. The first-order valence-corrected chi connectivity index (χ1v) is 4.75. The standard InChI is InChI=1S/C9H9IO3/c1-4-5(2)8(9(12)13)7(11)3-6(4)10/h3,11H,1-2H3,(H,12,13). The number of rotatable bonds is 1. The zero-order valence-electron chi connectivity index (χ0n) is 7.26. The molecule has 70 valence electrons. The van der Waals surface area contributed by atoms with Crippen molar-refractivity contribution < 1.29 is 15.0 Å². The Morgan fingerprint density at radius 1 is 1.38 bits per heavy atom. The third-order valence-corrected chi connectivity index (χ3v) is 3.15. The molecule has 0 unspecified atom stereocenters. The maximum Gasteiger partial charge on any atom is 0.339 e. The Balaban J connectivity index is 3.53. The van der Waals surface area contributed by atoms with Gasteiger partial charge in [-0.2, -0.15) is 0 Å². The lowest BCUT2D eigenvalue weighted by Gasteiger charge is -2.08. The zero-order chi connectivity index (χ0) is 10.2. The molecule has 13 heavy (non-hydrogen) atoms. The first kappa shape index (κ1) is 10.3. The third-order valence-electron chi connectivity index (χ3n) is 2.03. The minimum absolute atomic E-state index is 0.00193. The van der Waals surface area contributed by atoms with Crippen molar-refractivity contribution >= 4 is 28.6 Å². The Bertz CT molecular complexity index is 372. The molecule has 0 aliphatic carbocycles. The monoisotopic (exact) mass is 292 g/mol. The summed E-state index contributed by atoms with van der Waals surface area (Å²) < 4.78 is 0.873. The first-order chi connectivity index (χ1) is 5.95. The summed E-state index contributed by atoms with van der Waals surface area (Å²) >= 11 is 2.06. The summed E-state index contributed by atoms with van der Waals surface area (Å²) in [5.74, 6) is -1.26. The van der Waals surface area contributed by atoms with Gasteiger partial charge in [-0.05, 0) is 53.6 Å². The number of hydrogen-bond acceptors (Lipinski definition) is 2. The molecule has 0 aliphatic heterocycles. The minimum Gasteiger partial charge on any atom is -0.507 e. The number of phenols is 1. The van der Waals surface area contributed by atoms with Crippen LogP contribution in [0.2, 0.25) is 0 Å². The number of halogens is 1. The maximum absolute atomic E-state index is 10.7. The molecule has 0 aliphatic rings. The van der Waals surface area contributed by atoms with Crippen LogP contribution in [0.4, 0.5) is 0 Å². The number of aromatic hydroxyl groups is 1. The van der Waals surface area contributed by atoms with E-state index in [0.29, 0.717) is 5.56 Å². The highest BCUT2D eigenvalue weighted by atomic mass is 127. The van der Waals surface area contributed by atoms with Gasteiger partial charge in [0.05, 0.1) is 0 Å². The van der Waals surface area contributed by atoms with Gasteiger partial charge >= 0.3 is 5.97 Å². The maximum atomic E-state index is 10.7. The molecule has 0 amide bonds. The van der Waals surface area contributed by atoms with E-state index >= 15 is 0 Å². The molecule has 2 N–H and O–H groups in total. The summed E-state index contributed by atoms with van der Waals surface area (Å²) in [6.07, 6.45) is 0. The van der Waals surface area contributed by atoms with Crippen molar-refractivity contribution in [3.8, 4) is 5.75 Å². The van der Waals surface area contributed by atoms with E-state index in [4.69, 9.17) is 5.11 Å². The normalized spacial score (nSPS) is 10.1. The molecular formula is C9H9IO3. The summed E-state index contributed by atoms with van der Waals surface area (Å²) in [5, 5.41) is 18.2. The van der Waals surface area contributed by atoms with Crippen LogP contribution in [-0.2, 0) is 0 Å². The molecule has 1 aromatic rings. The van der Waals surface area contributed by atoms with E-state index in [1.165, 1.54) is 6.07 Å². The van der Waals surface area contributed by atoms with Crippen molar-refractivity contribution in [3.63, 3.8) is 0 Å². The molecule has 4 heteroatoms. The van der Waals surface area contributed by atoms with Gasteiger partial charge in [-0.25, -0.2) is 4.79 Å². The van der Waals surface area contributed by atoms with Crippen LogP contribution in [0.1, 0.15) is 21.5 Å². The van der Waals surface area contributed by atoms with Crippen LogP contribution in [0.5, 0.6) is 5.75 Å². The third kappa shape index (κ3) is 1.77. The number of carboxylic acids is 1. The Morgan fingerprint density at radius 3 is 2.38 bits per heavy atom. The Morgan fingerprint density at radius 2 is 1.92 bits per heavy atom. The number of aromatic carboxylic acids is 1. The highest BCUT2D eigenvalue weighted by molar-refractivity contribution is 14.1. The van der Waals surface area contributed by atoms with Crippen molar-refractivity contribution in [2.45, 2.75) is 13.8 Å². The quantitative estimate of drug-likeness (QED) is 0.781. The predicted octanol–water partition coefficient (Wildman–Crippen LogP) is 2.31. The molecule has 0 bridgehead atoms. The summed E-state index contributed by atoms with van der Waals surface area (Å²) in [6.45, 7) is 3.53. The largest absolute Gasteiger partial charge is 0.507 e. The molecular weight excluding hydrogens is 283 g/mol. The minimum atomic E-state index is -1.09. The Labute approximate surface area is 89.5 Å². The Kier molecular flexibility index (Phi) is 2.80. The summed E-state index contributed by atoms with van der Waals surface area (Å²) in [5.41, 5.74) is 1.52. The van der Waals surface area contributed by atoms with Crippen LogP contribution < -0.4 is 0 Å². The van der Waals surface area contributed by atoms with Crippen molar-refractivity contribution in [1.29, 1.82) is 0 Å². The molecule has 3 nitrogen and oxygen atoms in total. The van der Waals surface area contributed by atoms with E-state index in [-0.39, 0.29) is 11.3 Å². The molecule has 0 atom stereocenters. The smallest absolute Gasteiger partial charge is 0.339 e. The highest BCUT2D eigenvalue weighted by Gasteiger charge is 2.16. The van der Waals surface area contributed by atoms with E-state index in [9.17, 15) is 9.90 Å². The van der Waals surface area contributed by atoms with Gasteiger partial charge in [-0.15, -0.1) is 0 Å². The molecule has 0 saturated carbocycles. The second-order valence-electron chi connectivity index (χ2n) is 2.81. The lowest BCUT2D eigenvalue weighted by Crippen LogP contribution is -2.03. The number of carbonyl (C=O) groups is 1. The first-order valence-electron chi connectivity index (χ1n) is 3.67. The second kappa shape index (κ2) is 3.53. The SMILES string of the molecule is Cc1c(I)cc(O)c(C(=O)O)c1C. The number of carboxylic acid groups (broad SMARTS) is 1. The van der Waals surface area contributed by atoms with Crippen molar-refractivity contribution in [3.05, 3.63) is 26.3 Å². The van der Waals surface area contributed by atoms with Gasteiger partial charge in [-0.3, -0.25) is 0 Å². The van der Waals surface area contributed by atoms with Crippen LogP contribution in [0.15, 0.2) is 6.07 Å². The van der Waals surface area contributed by atoms with Gasteiger partial charge in [0.1, 0.15) is 11.3 Å². The fourth-order valence-corrected chi connectivity index (χ4v) is 1.83. The van der Waals surface area contributed by atoms with Gasteiger partial charge in [-0.1, -0.05) is 0 Å². The Hall–Kier alpha value is -0.780. The highest BCUT2D eigenvalue weighted by Crippen LogP contribution is 2.27. The summed E-state index contributed by atoms with van der Waals surface area (Å²) in [7, 11) is 0. The van der Waals surface area contributed by atoms with Crippen molar-refractivity contribution in [2.24, 2.45) is 0 Å². The van der Waals surface area contributed by atoms with Gasteiger partial charge in [0.2, 0.25) is 0 Å². The lowest BCUT2D eigenvalue weighted by atomic mass is 10.0. The molecule has 0 heterocycles. The van der Waals surface area contributed by atoms with Crippen LogP contribution in [0, 0.1) is 17.4 Å². The molecule has 1 rings (SSSR count). The van der Waals surface area contributed by atoms with Crippen molar-refractivity contribution in [1.82, 2.24) is 0 Å². The van der Waals surface area contributed by atoms with E-state index in [2.05, 4.69) is 22.6 Å². The van der Waals surface area contributed by atoms with Crippen LogP contribution in [-0.4, -0.2) is 16.2 Å². The van der Waals surface area contributed by atoms with E-state index in [0.717, 1.165) is 9.13 Å². The van der Waals surface area contributed by atoms with Crippen molar-refractivity contribution in [2.75, 3.05) is 0 Å². The molecule has 0 saturated heterocycles. The van der Waals surface area contributed by atoms with E-state index in [1.54, 1.807) is 6.92 Å². The fraction of sp³-hybridized carbons (Fsp3) is 0.222. The van der Waals surface area contributed by atoms with E-state index in [1.807, 2.05) is 6.92 Å². The van der Waals surface area contributed by atoms with Gasteiger partial charge < -0.3 is 10.2 Å². The second-order valence-corrected chi connectivity index (χ2v) is 3.97. The molecule has 0 radical (unpaired) electrons. The molecule has 0 fully saturated rings. The topological polar surface area (TPSA) is 57.5 Å². The molecule has 0 aromatic heterocycles. The zero-order valence-corrected chi connectivity index (χ0v) is 9.42.